The molecule has 1 aromatic heterocycles. The smallest absolute Gasteiger partial charge is 0.258 e. The molecule has 0 radical (unpaired) electrons. The zero-order chi connectivity index (χ0) is 18.4. The van der Waals surface area contributed by atoms with Crippen LogP contribution >= 0.6 is 0 Å². The predicted molar refractivity (Wildman–Crippen MR) is 99.5 cm³/mol. The number of aryl methyl sites for hydroxylation is 1. The third-order valence-electron chi connectivity index (χ3n) is 3.91. The Hall–Kier alpha value is -3.15. The van der Waals surface area contributed by atoms with Crippen molar-refractivity contribution in [1.82, 2.24) is 15.3 Å². The van der Waals surface area contributed by atoms with Crippen LogP contribution in [-0.2, 0) is 11.2 Å². The van der Waals surface area contributed by atoms with Crippen molar-refractivity contribution in [3.05, 3.63) is 59.9 Å². The maximum absolute atomic E-state index is 12.0. The van der Waals surface area contributed by atoms with Crippen molar-refractivity contribution in [3.63, 3.8) is 0 Å². The lowest BCUT2D eigenvalue weighted by molar-refractivity contribution is -0.123. The third kappa shape index (κ3) is 4.47. The molecule has 0 spiro atoms. The summed E-state index contributed by atoms with van der Waals surface area (Å²) in [6, 6.07) is 15.4. The molecule has 3 rings (SSSR count). The molecule has 0 atom stereocenters. The number of hydrogen-bond donors (Lipinski definition) is 1. The molecule has 0 aliphatic rings. The van der Waals surface area contributed by atoms with Crippen LogP contribution in [0.5, 0.6) is 11.6 Å². The van der Waals surface area contributed by atoms with E-state index in [1.807, 2.05) is 48.5 Å². The highest BCUT2D eigenvalue weighted by Crippen LogP contribution is 2.21. The van der Waals surface area contributed by atoms with E-state index in [2.05, 4.69) is 15.3 Å². The number of benzene rings is 2. The number of rotatable bonds is 7. The lowest BCUT2D eigenvalue weighted by Crippen LogP contribution is -2.30. The van der Waals surface area contributed by atoms with E-state index in [9.17, 15) is 4.79 Å². The van der Waals surface area contributed by atoms with Crippen LogP contribution in [0.2, 0.25) is 0 Å². The highest BCUT2D eigenvalue weighted by molar-refractivity contribution is 5.84. The van der Waals surface area contributed by atoms with Crippen LogP contribution in [-0.4, -0.2) is 36.1 Å². The molecule has 0 aliphatic carbocycles. The Bertz CT molecular complexity index is 894. The van der Waals surface area contributed by atoms with E-state index in [0.29, 0.717) is 18.2 Å². The Kier molecular flexibility index (Phi) is 5.63. The molecule has 1 amide bonds. The summed E-state index contributed by atoms with van der Waals surface area (Å²) in [5.74, 6) is 1.68. The maximum atomic E-state index is 12.0. The molecule has 0 bridgehead atoms. The summed E-state index contributed by atoms with van der Waals surface area (Å²) in [5.41, 5.74) is 1.93. The molecule has 0 unspecified atom stereocenters. The lowest BCUT2D eigenvalue weighted by atomic mass is 10.1. The van der Waals surface area contributed by atoms with E-state index in [0.717, 1.165) is 28.6 Å². The largest absolute Gasteiger partial charge is 0.497 e. The van der Waals surface area contributed by atoms with Gasteiger partial charge in [0.25, 0.3) is 5.91 Å². The van der Waals surface area contributed by atoms with Crippen molar-refractivity contribution >= 4 is 16.8 Å². The average molecular weight is 351 g/mol. The first-order valence-corrected chi connectivity index (χ1v) is 8.41. The van der Waals surface area contributed by atoms with Gasteiger partial charge < -0.3 is 14.8 Å². The van der Waals surface area contributed by atoms with E-state index < -0.39 is 0 Å². The number of carbonyl (C=O) groups is 1. The van der Waals surface area contributed by atoms with E-state index in [1.165, 1.54) is 0 Å². The maximum Gasteiger partial charge on any atom is 0.258 e. The van der Waals surface area contributed by atoms with Gasteiger partial charge in [-0.2, -0.15) is 4.98 Å². The van der Waals surface area contributed by atoms with Gasteiger partial charge in [-0.3, -0.25) is 4.79 Å². The second-order valence-corrected chi connectivity index (χ2v) is 5.83. The first-order chi connectivity index (χ1) is 12.7. The van der Waals surface area contributed by atoms with E-state index in [4.69, 9.17) is 9.47 Å². The minimum atomic E-state index is -0.182. The van der Waals surface area contributed by atoms with Gasteiger partial charge >= 0.3 is 0 Å². The lowest BCUT2D eigenvalue weighted by Gasteiger charge is -2.09. The fourth-order valence-electron chi connectivity index (χ4n) is 2.59. The van der Waals surface area contributed by atoms with Gasteiger partial charge in [0.2, 0.25) is 5.88 Å². The van der Waals surface area contributed by atoms with Crippen molar-refractivity contribution in [2.24, 2.45) is 0 Å². The molecule has 26 heavy (non-hydrogen) atoms. The second-order valence-electron chi connectivity index (χ2n) is 5.83. The number of hydrogen-bond acceptors (Lipinski definition) is 5. The number of nitrogens with zero attached hydrogens (tertiary/aromatic N) is 2. The summed E-state index contributed by atoms with van der Waals surface area (Å²) >= 11 is 0. The van der Waals surface area contributed by atoms with Crippen LogP contribution in [0.3, 0.4) is 0 Å². The molecule has 3 aromatic rings. The van der Waals surface area contributed by atoms with Gasteiger partial charge in [0.15, 0.2) is 6.61 Å². The number of aromatic nitrogens is 2. The fraction of sp³-hybridized carbons (Fsp3) is 0.250. The monoisotopic (exact) mass is 351 g/mol. The number of ether oxygens (including phenoxy) is 2. The molecule has 0 aliphatic heterocycles. The first kappa shape index (κ1) is 17.7. The number of amides is 1. The minimum Gasteiger partial charge on any atom is -0.497 e. The predicted octanol–water partition coefficient (Wildman–Crippen LogP) is 2.68. The summed E-state index contributed by atoms with van der Waals surface area (Å²) in [7, 11) is 1.64. The molecule has 6 nitrogen and oxygen atoms in total. The Morgan fingerprint density at radius 2 is 1.85 bits per heavy atom. The summed E-state index contributed by atoms with van der Waals surface area (Å²) in [6.07, 6.45) is 0.741. The zero-order valence-corrected chi connectivity index (χ0v) is 14.9. The zero-order valence-electron chi connectivity index (χ0n) is 14.9. The molecule has 2 aromatic carbocycles. The van der Waals surface area contributed by atoms with E-state index in [-0.39, 0.29) is 12.5 Å². The molecule has 1 N–H and O–H groups in total. The van der Waals surface area contributed by atoms with Gasteiger partial charge in [-0.25, -0.2) is 4.98 Å². The van der Waals surface area contributed by atoms with Crippen LogP contribution in [0.4, 0.5) is 0 Å². The molecular formula is C20H21N3O3. The van der Waals surface area contributed by atoms with Crippen LogP contribution in [0.25, 0.3) is 10.9 Å². The first-order valence-electron chi connectivity index (χ1n) is 8.41. The SMILES string of the molecule is COc1ccc(CCNC(=O)COc2nc(C)nc3ccccc23)cc1. The summed E-state index contributed by atoms with van der Waals surface area (Å²) in [4.78, 5) is 20.7. The van der Waals surface area contributed by atoms with Crippen LogP contribution < -0.4 is 14.8 Å². The van der Waals surface area contributed by atoms with Gasteiger partial charge in [-0.15, -0.1) is 0 Å². The fourth-order valence-corrected chi connectivity index (χ4v) is 2.59. The molecular weight excluding hydrogens is 330 g/mol. The van der Waals surface area contributed by atoms with Crippen molar-refractivity contribution in [1.29, 1.82) is 0 Å². The van der Waals surface area contributed by atoms with Gasteiger partial charge in [-0.1, -0.05) is 24.3 Å². The summed E-state index contributed by atoms with van der Waals surface area (Å²) < 4.78 is 10.7. The quantitative estimate of drug-likeness (QED) is 0.708. The molecule has 134 valence electrons. The number of carbonyl (C=O) groups excluding carboxylic acids is 1. The van der Waals surface area contributed by atoms with Crippen molar-refractivity contribution < 1.29 is 14.3 Å². The molecule has 6 heteroatoms. The standard InChI is InChI=1S/C20H21N3O3/c1-14-22-18-6-4-3-5-17(18)20(23-14)26-13-19(24)21-12-11-15-7-9-16(25-2)10-8-15/h3-10H,11-13H2,1-2H3,(H,21,24). The van der Waals surface area contributed by atoms with E-state index in [1.54, 1.807) is 14.0 Å². The molecule has 1 heterocycles. The number of methoxy groups -OCH3 is 1. The summed E-state index contributed by atoms with van der Waals surface area (Å²) in [5, 5.41) is 3.65. The average Bonchev–Trinajstić information content (AvgIpc) is 2.66. The van der Waals surface area contributed by atoms with Gasteiger partial charge in [0, 0.05) is 6.54 Å². The Labute approximate surface area is 152 Å². The van der Waals surface area contributed by atoms with Gasteiger partial charge in [0.05, 0.1) is 18.0 Å². The number of fused-ring (bicyclic) bond motifs is 1. The van der Waals surface area contributed by atoms with Crippen molar-refractivity contribution in [2.75, 3.05) is 20.3 Å². The summed E-state index contributed by atoms with van der Waals surface area (Å²) in [6.45, 7) is 2.26. The number of para-hydroxylation sites is 1. The van der Waals surface area contributed by atoms with Crippen molar-refractivity contribution in [3.8, 4) is 11.6 Å². The molecule has 0 saturated heterocycles. The Morgan fingerprint density at radius 1 is 1.08 bits per heavy atom. The third-order valence-corrected chi connectivity index (χ3v) is 3.91. The topological polar surface area (TPSA) is 73.3 Å². The Balaban J connectivity index is 1.51. The van der Waals surface area contributed by atoms with Crippen LogP contribution in [0.1, 0.15) is 11.4 Å². The minimum absolute atomic E-state index is 0.0803. The number of nitrogens with one attached hydrogen (secondary N) is 1. The Morgan fingerprint density at radius 3 is 2.62 bits per heavy atom. The highest BCUT2D eigenvalue weighted by atomic mass is 16.5. The van der Waals surface area contributed by atoms with E-state index >= 15 is 0 Å². The van der Waals surface area contributed by atoms with Crippen LogP contribution in [0.15, 0.2) is 48.5 Å². The molecule has 0 fully saturated rings. The van der Waals surface area contributed by atoms with Gasteiger partial charge in [0.1, 0.15) is 11.6 Å². The van der Waals surface area contributed by atoms with Gasteiger partial charge in [-0.05, 0) is 43.2 Å². The highest BCUT2D eigenvalue weighted by Gasteiger charge is 2.09. The normalized spacial score (nSPS) is 10.5. The van der Waals surface area contributed by atoms with Crippen molar-refractivity contribution in [2.45, 2.75) is 13.3 Å². The van der Waals surface area contributed by atoms with Crippen LogP contribution in [0, 0.1) is 6.92 Å². The second kappa shape index (κ2) is 8.29. The molecule has 0 saturated carbocycles.